The van der Waals surface area contributed by atoms with E-state index in [4.69, 9.17) is 9.47 Å². The van der Waals surface area contributed by atoms with Gasteiger partial charge in [0, 0.05) is 12.2 Å². The highest BCUT2D eigenvalue weighted by Crippen LogP contribution is 2.35. The highest BCUT2D eigenvalue weighted by atomic mass is 32.2. The quantitative estimate of drug-likeness (QED) is 0.542. The van der Waals surface area contributed by atoms with E-state index in [0.29, 0.717) is 33.9 Å². The highest BCUT2D eigenvalue weighted by Gasteiger charge is 2.32. The first-order chi connectivity index (χ1) is 13.5. The van der Waals surface area contributed by atoms with Crippen LogP contribution in [-0.2, 0) is 4.79 Å². The molecule has 0 spiro atoms. The summed E-state index contributed by atoms with van der Waals surface area (Å²) in [6.07, 6.45) is 3.49. The Kier molecular flexibility index (Phi) is 6.16. The average molecular weight is 395 g/mol. The number of rotatable bonds is 6. The fourth-order valence-electron chi connectivity index (χ4n) is 2.66. The summed E-state index contributed by atoms with van der Waals surface area (Å²) in [5.41, 5.74) is 1.70. The molecule has 1 saturated heterocycles. The van der Waals surface area contributed by atoms with Crippen molar-refractivity contribution in [1.29, 1.82) is 0 Å². The summed E-state index contributed by atoms with van der Waals surface area (Å²) in [6.45, 7) is 6.02. The molecule has 0 radical (unpaired) electrons. The maximum absolute atomic E-state index is 12.9. The van der Waals surface area contributed by atoms with Crippen LogP contribution in [-0.4, -0.2) is 41.7 Å². The van der Waals surface area contributed by atoms with Crippen LogP contribution in [0.3, 0.4) is 0 Å². The molecule has 0 N–H and O–H groups in total. The van der Waals surface area contributed by atoms with Crippen LogP contribution in [0.4, 0.5) is 5.82 Å². The summed E-state index contributed by atoms with van der Waals surface area (Å²) >= 11 is 1.31. The van der Waals surface area contributed by atoms with Crippen molar-refractivity contribution in [2.24, 2.45) is 4.99 Å². The predicted molar refractivity (Wildman–Crippen MR) is 113 cm³/mol. The zero-order valence-corrected chi connectivity index (χ0v) is 16.8. The van der Waals surface area contributed by atoms with Gasteiger partial charge in [0.1, 0.15) is 0 Å². The molecule has 0 unspecified atom stereocenters. The van der Waals surface area contributed by atoms with E-state index >= 15 is 0 Å². The molecule has 0 aliphatic carbocycles. The highest BCUT2D eigenvalue weighted by molar-refractivity contribution is 8.18. The number of benzene rings is 1. The molecule has 0 saturated carbocycles. The van der Waals surface area contributed by atoms with Crippen LogP contribution in [0.25, 0.3) is 6.08 Å². The van der Waals surface area contributed by atoms with Crippen molar-refractivity contribution in [3.8, 4) is 11.5 Å². The molecule has 1 fully saturated rings. The number of ether oxygens (including phenoxy) is 2. The van der Waals surface area contributed by atoms with E-state index in [0.717, 1.165) is 11.3 Å². The smallest absolute Gasteiger partial charge is 0.267 e. The molecule has 7 heteroatoms. The van der Waals surface area contributed by atoms with Gasteiger partial charge in [0.05, 0.1) is 19.1 Å². The second-order valence-corrected chi connectivity index (χ2v) is 6.97. The average Bonchev–Trinajstić information content (AvgIpc) is 2.97. The lowest BCUT2D eigenvalue weighted by Crippen LogP contribution is -2.29. The molecule has 28 heavy (non-hydrogen) atoms. The monoisotopic (exact) mass is 395 g/mol. The lowest BCUT2D eigenvalue weighted by atomic mass is 10.2. The Morgan fingerprint density at radius 3 is 2.68 bits per heavy atom. The molecule has 3 rings (SSSR count). The molecule has 144 valence electrons. The Morgan fingerprint density at radius 1 is 1.21 bits per heavy atom. The van der Waals surface area contributed by atoms with Gasteiger partial charge in [-0.25, -0.2) is 9.98 Å². The fraction of sp³-hybridized carbons (Fsp3) is 0.190. The van der Waals surface area contributed by atoms with Crippen LogP contribution >= 0.6 is 11.8 Å². The number of aryl methyl sites for hydroxylation is 1. The first-order valence-electron chi connectivity index (χ1n) is 8.62. The molecule has 2 heterocycles. The molecular weight excluding hydrogens is 374 g/mol. The number of carbonyl (C=O) groups is 1. The summed E-state index contributed by atoms with van der Waals surface area (Å²) in [5.74, 6) is 1.69. The third-order valence-corrected chi connectivity index (χ3v) is 5.00. The second kappa shape index (κ2) is 8.75. The van der Waals surface area contributed by atoms with Gasteiger partial charge in [-0.1, -0.05) is 18.2 Å². The van der Waals surface area contributed by atoms with Crippen molar-refractivity contribution in [2.45, 2.75) is 6.92 Å². The summed E-state index contributed by atoms with van der Waals surface area (Å²) in [7, 11) is 3.16. The predicted octanol–water partition coefficient (Wildman–Crippen LogP) is 4.20. The number of nitrogens with zero attached hydrogens (tertiary/aromatic N) is 3. The van der Waals surface area contributed by atoms with Crippen molar-refractivity contribution < 1.29 is 14.3 Å². The molecule has 6 nitrogen and oxygen atoms in total. The molecule has 0 bridgehead atoms. The lowest BCUT2D eigenvalue weighted by Gasteiger charge is -2.12. The number of aromatic nitrogens is 1. The Hall–Kier alpha value is -3.06. The van der Waals surface area contributed by atoms with Crippen molar-refractivity contribution in [3.63, 3.8) is 0 Å². The van der Waals surface area contributed by atoms with Gasteiger partial charge in [-0.2, -0.15) is 0 Å². The number of pyridine rings is 1. The number of thioether (sulfide) groups is 1. The maximum Gasteiger partial charge on any atom is 0.267 e. The van der Waals surface area contributed by atoms with Gasteiger partial charge in [0.25, 0.3) is 5.91 Å². The van der Waals surface area contributed by atoms with Gasteiger partial charge in [0.2, 0.25) is 0 Å². The Morgan fingerprint density at radius 2 is 2.00 bits per heavy atom. The summed E-state index contributed by atoms with van der Waals surface area (Å²) in [5, 5.41) is 0.578. The van der Waals surface area contributed by atoms with E-state index in [1.54, 1.807) is 25.2 Å². The van der Waals surface area contributed by atoms with Crippen LogP contribution in [0.5, 0.6) is 11.5 Å². The van der Waals surface area contributed by atoms with E-state index < -0.39 is 0 Å². The van der Waals surface area contributed by atoms with Gasteiger partial charge in [-0.05, 0) is 54.6 Å². The largest absolute Gasteiger partial charge is 0.493 e. The molecule has 0 atom stereocenters. The van der Waals surface area contributed by atoms with E-state index in [2.05, 4.69) is 16.6 Å². The fourth-order valence-corrected chi connectivity index (χ4v) is 3.66. The number of amides is 1. The van der Waals surface area contributed by atoms with Crippen LogP contribution in [0.1, 0.15) is 11.3 Å². The number of hydrogen-bond donors (Lipinski definition) is 0. The Balaban J connectivity index is 1.96. The molecular formula is C21H21N3O3S. The minimum Gasteiger partial charge on any atom is -0.493 e. The molecule has 1 aliphatic heterocycles. The van der Waals surface area contributed by atoms with Crippen LogP contribution < -0.4 is 9.47 Å². The van der Waals surface area contributed by atoms with E-state index in [1.807, 2.05) is 49.4 Å². The molecule has 1 aliphatic rings. The molecule has 2 aromatic rings. The minimum atomic E-state index is -0.119. The van der Waals surface area contributed by atoms with Crippen molar-refractivity contribution >= 4 is 34.7 Å². The van der Waals surface area contributed by atoms with Gasteiger partial charge in [-0.3, -0.25) is 9.69 Å². The van der Waals surface area contributed by atoms with Crippen molar-refractivity contribution in [3.05, 3.63) is 65.2 Å². The number of amidine groups is 1. The van der Waals surface area contributed by atoms with E-state index in [1.165, 1.54) is 11.8 Å². The van der Waals surface area contributed by atoms with Crippen molar-refractivity contribution in [2.75, 3.05) is 20.8 Å². The first kappa shape index (κ1) is 19.7. The molecule has 1 aromatic carbocycles. The third kappa shape index (κ3) is 4.26. The minimum absolute atomic E-state index is 0.119. The number of hydrogen-bond acceptors (Lipinski definition) is 6. The maximum atomic E-state index is 12.9. The summed E-state index contributed by atoms with van der Waals surface area (Å²) in [4.78, 5) is 24.0. The van der Waals surface area contributed by atoms with E-state index in [9.17, 15) is 4.79 Å². The Labute approximate surface area is 168 Å². The van der Waals surface area contributed by atoms with Crippen LogP contribution in [0.2, 0.25) is 0 Å². The zero-order chi connectivity index (χ0) is 20.1. The summed E-state index contributed by atoms with van der Waals surface area (Å²) in [6, 6.07) is 11.1. The lowest BCUT2D eigenvalue weighted by molar-refractivity contribution is -0.121. The topological polar surface area (TPSA) is 64.0 Å². The first-order valence-corrected chi connectivity index (χ1v) is 9.44. The van der Waals surface area contributed by atoms with Crippen LogP contribution in [0.15, 0.2) is 59.0 Å². The van der Waals surface area contributed by atoms with E-state index in [-0.39, 0.29) is 5.91 Å². The van der Waals surface area contributed by atoms with Gasteiger partial charge >= 0.3 is 0 Å². The number of carbonyl (C=O) groups excluding carboxylic acids is 1. The normalized spacial score (nSPS) is 16.7. The molecule has 1 aromatic heterocycles. The Bertz CT molecular complexity index is 969. The SMILES string of the molecule is C=CCN1C(=O)/C(=C/c2ccc(OC)c(OC)c2)S/C1=N/c1cccc(C)n1. The molecule has 1 amide bonds. The van der Waals surface area contributed by atoms with Gasteiger partial charge < -0.3 is 9.47 Å². The zero-order valence-electron chi connectivity index (χ0n) is 16.0. The third-order valence-electron chi connectivity index (χ3n) is 3.99. The van der Waals surface area contributed by atoms with Gasteiger partial charge in [0.15, 0.2) is 22.5 Å². The number of methoxy groups -OCH3 is 2. The summed E-state index contributed by atoms with van der Waals surface area (Å²) < 4.78 is 10.6. The standard InChI is InChI=1S/C21H21N3O3S/c1-5-11-24-20(25)18(13-15-9-10-16(26-3)17(12-15)27-4)28-21(24)23-19-8-6-7-14(2)22-19/h5-10,12-13H,1,11H2,2-4H3/b18-13-,23-21+. The van der Waals surface area contributed by atoms with Crippen LogP contribution in [0, 0.1) is 6.92 Å². The van der Waals surface area contributed by atoms with Gasteiger partial charge in [-0.15, -0.1) is 6.58 Å². The number of aliphatic imine (C=N–C) groups is 1. The second-order valence-electron chi connectivity index (χ2n) is 5.96. The van der Waals surface area contributed by atoms with Crippen molar-refractivity contribution in [1.82, 2.24) is 9.88 Å².